The fourth-order valence-electron chi connectivity index (χ4n) is 3.65. The Morgan fingerprint density at radius 1 is 1.07 bits per heavy atom. The van der Waals surface area contributed by atoms with Crippen molar-refractivity contribution >= 4 is 11.6 Å². The molecule has 1 aliphatic rings. The average Bonchev–Trinajstić information content (AvgIpc) is 3.14. The maximum atomic E-state index is 6.16. The maximum absolute atomic E-state index is 6.16. The minimum absolute atomic E-state index is 0.434. The number of benzene rings is 2. The molecule has 1 aliphatic carbocycles. The third-order valence-electron chi connectivity index (χ3n) is 5.05. The molecule has 3 N–H and O–H groups in total. The summed E-state index contributed by atoms with van der Waals surface area (Å²) < 4.78 is 2.11. The first kappa shape index (κ1) is 17.3. The highest BCUT2D eigenvalue weighted by Gasteiger charge is 2.13. The summed E-state index contributed by atoms with van der Waals surface area (Å²) in [5.41, 5.74) is 11.3. The molecule has 0 amide bonds. The second kappa shape index (κ2) is 8.08. The van der Waals surface area contributed by atoms with Gasteiger partial charge in [0.1, 0.15) is 12.4 Å². The zero-order chi connectivity index (χ0) is 18.5. The lowest BCUT2D eigenvalue weighted by molar-refractivity contribution is 0.687. The molecular formula is C22H25N5. The van der Waals surface area contributed by atoms with E-state index in [-0.39, 0.29) is 0 Å². The van der Waals surface area contributed by atoms with E-state index < -0.39 is 0 Å². The monoisotopic (exact) mass is 359 g/mol. The normalized spacial score (nSPS) is 14.0. The number of guanidine groups is 1. The van der Waals surface area contributed by atoms with E-state index in [1.54, 1.807) is 0 Å². The van der Waals surface area contributed by atoms with E-state index in [0.29, 0.717) is 12.5 Å². The van der Waals surface area contributed by atoms with Crippen LogP contribution in [-0.4, -0.2) is 15.5 Å². The number of hydrogen-bond acceptors (Lipinski definition) is 2. The zero-order valence-corrected chi connectivity index (χ0v) is 15.4. The van der Waals surface area contributed by atoms with Crippen molar-refractivity contribution in [1.29, 1.82) is 0 Å². The third kappa shape index (κ3) is 4.19. The molecule has 0 bridgehead atoms. The molecule has 0 spiro atoms. The van der Waals surface area contributed by atoms with Gasteiger partial charge < -0.3 is 15.6 Å². The highest BCUT2D eigenvalue weighted by molar-refractivity contribution is 5.93. The quantitative estimate of drug-likeness (QED) is 0.539. The second-order valence-electron chi connectivity index (χ2n) is 6.93. The summed E-state index contributed by atoms with van der Waals surface area (Å²) in [5, 5.41) is 3.29. The summed E-state index contributed by atoms with van der Waals surface area (Å²) in [4.78, 5) is 8.95. The van der Waals surface area contributed by atoms with Gasteiger partial charge in [-0.1, -0.05) is 42.5 Å². The van der Waals surface area contributed by atoms with Gasteiger partial charge >= 0.3 is 0 Å². The molecule has 0 fully saturated rings. The van der Waals surface area contributed by atoms with E-state index in [4.69, 9.17) is 5.73 Å². The first-order chi connectivity index (χ1) is 13.3. The first-order valence-corrected chi connectivity index (χ1v) is 9.51. The van der Waals surface area contributed by atoms with Crippen LogP contribution in [0.5, 0.6) is 0 Å². The Morgan fingerprint density at radius 3 is 2.81 bits per heavy atom. The van der Waals surface area contributed by atoms with Crippen LogP contribution in [0, 0.1) is 0 Å². The van der Waals surface area contributed by atoms with Crippen LogP contribution in [-0.2, 0) is 25.9 Å². The number of fused-ring (bicyclic) bond motifs is 1. The van der Waals surface area contributed by atoms with Crippen molar-refractivity contribution in [2.24, 2.45) is 10.7 Å². The molecule has 138 valence electrons. The van der Waals surface area contributed by atoms with E-state index in [1.807, 2.05) is 30.6 Å². The van der Waals surface area contributed by atoms with Gasteiger partial charge in [-0.2, -0.15) is 0 Å². The zero-order valence-electron chi connectivity index (χ0n) is 15.4. The molecule has 0 saturated heterocycles. The minimum Gasteiger partial charge on any atom is -0.370 e. The fraction of sp³-hybridized carbons (Fsp3) is 0.273. The molecule has 3 aromatic rings. The number of rotatable bonds is 5. The van der Waals surface area contributed by atoms with Crippen LogP contribution in [0.2, 0.25) is 0 Å². The average molecular weight is 359 g/mol. The Bertz CT molecular complexity index is 927. The molecule has 0 atom stereocenters. The van der Waals surface area contributed by atoms with Crippen LogP contribution in [0.25, 0.3) is 0 Å². The van der Waals surface area contributed by atoms with Gasteiger partial charge in [-0.15, -0.1) is 0 Å². The minimum atomic E-state index is 0.434. The van der Waals surface area contributed by atoms with Gasteiger partial charge in [0.05, 0.1) is 0 Å². The molecule has 0 aliphatic heterocycles. The van der Waals surface area contributed by atoms with Gasteiger partial charge in [0, 0.05) is 24.6 Å². The van der Waals surface area contributed by atoms with E-state index in [1.165, 1.54) is 29.5 Å². The topological polar surface area (TPSA) is 68.2 Å². The Morgan fingerprint density at radius 2 is 1.93 bits per heavy atom. The van der Waals surface area contributed by atoms with E-state index in [0.717, 1.165) is 30.9 Å². The van der Waals surface area contributed by atoms with E-state index >= 15 is 0 Å². The number of aliphatic imine (C=N–C) groups is 1. The third-order valence-corrected chi connectivity index (χ3v) is 5.05. The van der Waals surface area contributed by atoms with Crippen molar-refractivity contribution in [2.45, 2.75) is 38.8 Å². The highest BCUT2D eigenvalue weighted by atomic mass is 15.1. The van der Waals surface area contributed by atoms with Gasteiger partial charge in [-0.3, -0.25) is 0 Å². The lowest BCUT2D eigenvalue weighted by Crippen LogP contribution is -2.24. The molecule has 0 radical (unpaired) electrons. The van der Waals surface area contributed by atoms with Gasteiger partial charge in [0.15, 0.2) is 5.96 Å². The van der Waals surface area contributed by atoms with Crippen LogP contribution >= 0.6 is 0 Å². The Balaban J connectivity index is 1.44. The summed E-state index contributed by atoms with van der Waals surface area (Å²) in [5.74, 6) is 1.34. The number of anilines is 1. The van der Waals surface area contributed by atoms with Crippen LogP contribution < -0.4 is 11.1 Å². The number of imidazole rings is 1. The SMILES string of the molecule is NC(=NCc1nccn1Cc1ccccc1)Nc1cccc2c1CCCC2. The smallest absolute Gasteiger partial charge is 0.193 e. The Hall–Kier alpha value is -3.08. The fourth-order valence-corrected chi connectivity index (χ4v) is 3.65. The number of nitrogens with one attached hydrogen (secondary N) is 1. The van der Waals surface area contributed by atoms with Crippen molar-refractivity contribution < 1.29 is 0 Å². The van der Waals surface area contributed by atoms with Crippen molar-refractivity contribution in [2.75, 3.05) is 5.32 Å². The van der Waals surface area contributed by atoms with Crippen molar-refractivity contribution in [3.63, 3.8) is 0 Å². The molecule has 27 heavy (non-hydrogen) atoms. The van der Waals surface area contributed by atoms with E-state index in [9.17, 15) is 0 Å². The molecule has 0 unspecified atom stereocenters. The standard InChI is InChI=1S/C22H25N5/c23-22(26-20-12-6-10-18-9-4-5-11-19(18)20)25-15-21-24-13-14-27(21)16-17-7-2-1-3-8-17/h1-3,6-8,10,12-14H,4-5,9,11,15-16H2,(H3,23,25,26). The van der Waals surface area contributed by atoms with Crippen molar-refractivity contribution in [1.82, 2.24) is 9.55 Å². The predicted molar refractivity (Wildman–Crippen MR) is 110 cm³/mol. The summed E-state index contributed by atoms with van der Waals surface area (Å²) in [6.45, 7) is 1.24. The molecule has 1 heterocycles. The largest absolute Gasteiger partial charge is 0.370 e. The Labute approximate surface area is 160 Å². The van der Waals surface area contributed by atoms with Crippen molar-refractivity contribution in [3.8, 4) is 0 Å². The predicted octanol–water partition coefficient (Wildman–Crippen LogP) is 3.74. The van der Waals surface area contributed by atoms with Crippen LogP contribution in [0.1, 0.15) is 35.4 Å². The van der Waals surface area contributed by atoms with Gasteiger partial charge in [-0.25, -0.2) is 9.98 Å². The lowest BCUT2D eigenvalue weighted by Gasteiger charge is -2.19. The number of nitrogens with two attached hydrogens (primary N) is 1. The molecule has 1 aromatic heterocycles. The van der Waals surface area contributed by atoms with Crippen LogP contribution in [0.15, 0.2) is 65.9 Å². The molecule has 0 saturated carbocycles. The van der Waals surface area contributed by atoms with Crippen molar-refractivity contribution in [3.05, 3.63) is 83.4 Å². The first-order valence-electron chi connectivity index (χ1n) is 9.51. The van der Waals surface area contributed by atoms with E-state index in [2.05, 4.69) is 50.2 Å². The lowest BCUT2D eigenvalue weighted by atomic mass is 9.90. The van der Waals surface area contributed by atoms with Crippen LogP contribution in [0.3, 0.4) is 0 Å². The number of hydrogen-bond donors (Lipinski definition) is 2. The van der Waals surface area contributed by atoms with Crippen LogP contribution in [0.4, 0.5) is 5.69 Å². The summed E-state index contributed by atoms with van der Waals surface area (Å²) in [6.07, 6.45) is 8.55. The summed E-state index contributed by atoms with van der Waals surface area (Å²) in [7, 11) is 0. The van der Waals surface area contributed by atoms with Gasteiger partial charge in [0.25, 0.3) is 0 Å². The number of aryl methyl sites for hydroxylation is 1. The molecule has 4 rings (SSSR count). The molecule has 2 aromatic carbocycles. The van der Waals surface area contributed by atoms with Gasteiger partial charge in [0.2, 0.25) is 0 Å². The molecule has 5 heteroatoms. The van der Waals surface area contributed by atoms with Gasteiger partial charge in [-0.05, 0) is 48.4 Å². The number of aromatic nitrogens is 2. The summed E-state index contributed by atoms with van der Waals surface area (Å²) >= 11 is 0. The Kier molecular flexibility index (Phi) is 5.19. The molecule has 5 nitrogen and oxygen atoms in total. The number of nitrogens with zero attached hydrogens (tertiary/aromatic N) is 3. The second-order valence-corrected chi connectivity index (χ2v) is 6.93. The highest BCUT2D eigenvalue weighted by Crippen LogP contribution is 2.27. The molecular weight excluding hydrogens is 334 g/mol. The summed E-state index contributed by atoms with van der Waals surface area (Å²) in [6, 6.07) is 16.7. The maximum Gasteiger partial charge on any atom is 0.193 e.